The lowest BCUT2D eigenvalue weighted by Crippen LogP contribution is -2.41. The molecule has 0 aliphatic heterocycles. The molecule has 3 aromatic rings. The summed E-state index contributed by atoms with van der Waals surface area (Å²) in [6, 6.07) is 7.10. The molecule has 2 N–H and O–H groups in total. The lowest BCUT2D eigenvalue weighted by molar-refractivity contribution is -0.117. The van der Waals surface area contributed by atoms with Crippen LogP contribution in [0.5, 0.6) is 0 Å². The van der Waals surface area contributed by atoms with Gasteiger partial charge in [-0.25, -0.2) is 9.37 Å². The van der Waals surface area contributed by atoms with E-state index < -0.39 is 11.9 Å². The number of aromatic nitrogens is 1. The van der Waals surface area contributed by atoms with E-state index in [1.54, 1.807) is 19.2 Å². The van der Waals surface area contributed by atoms with Crippen LogP contribution >= 0.6 is 11.3 Å². The van der Waals surface area contributed by atoms with Crippen molar-refractivity contribution >= 4 is 28.3 Å². The maximum atomic E-state index is 13.2. The van der Waals surface area contributed by atoms with Gasteiger partial charge >= 0.3 is 0 Å². The van der Waals surface area contributed by atoms with Gasteiger partial charge in [-0.1, -0.05) is 12.1 Å². The SMILES string of the molecule is CC(NC(=O)c1ccoc1)C(=O)Nc1ncc(Cc2cccc(F)c2)s1. The quantitative estimate of drug-likeness (QED) is 0.695. The molecular weight excluding hydrogens is 357 g/mol. The molecule has 0 fully saturated rings. The Labute approximate surface area is 153 Å². The molecule has 3 rings (SSSR count). The average Bonchev–Trinajstić information content (AvgIpc) is 3.27. The van der Waals surface area contributed by atoms with Crippen LogP contribution in [-0.4, -0.2) is 22.8 Å². The first kappa shape index (κ1) is 17.8. The third-order valence-corrected chi connectivity index (χ3v) is 4.49. The minimum Gasteiger partial charge on any atom is -0.472 e. The number of anilines is 1. The molecule has 0 aliphatic rings. The van der Waals surface area contributed by atoms with Crippen LogP contribution in [0.1, 0.15) is 27.7 Å². The molecule has 2 aromatic heterocycles. The summed E-state index contributed by atoms with van der Waals surface area (Å²) < 4.78 is 18.1. The van der Waals surface area contributed by atoms with Crippen molar-refractivity contribution in [3.05, 3.63) is 70.9 Å². The number of carbonyl (C=O) groups is 2. The van der Waals surface area contributed by atoms with Gasteiger partial charge < -0.3 is 15.1 Å². The Balaban J connectivity index is 1.56. The van der Waals surface area contributed by atoms with E-state index in [4.69, 9.17) is 4.42 Å². The summed E-state index contributed by atoms with van der Waals surface area (Å²) in [5.74, 6) is -1.07. The van der Waals surface area contributed by atoms with Crippen LogP contribution in [0.4, 0.5) is 9.52 Å². The molecule has 0 spiro atoms. The van der Waals surface area contributed by atoms with E-state index in [-0.39, 0.29) is 11.7 Å². The number of nitrogens with zero attached hydrogens (tertiary/aromatic N) is 1. The molecular formula is C18H16FN3O3S. The minimum atomic E-state index is -0.743. The summed E-state index contributed by atoms with van der Waals surface area (Å²) in [6.07, 6.45) is 4.85. The van der Waals surface area contributed by atoms with Crippen molar-refractivity contribution in [2.75, 3.05) is 5.32 Å². The van der Waals surface area contributed by atoms with Crippen LogP contribution in [0.25, 0.3) is 0 Å². The molecule has 1 aromatic carbocycles. The van der Waals surface area contributed by atoms with Crippen LogP contribution in [-0.2, 0) is 11.2 Å². The third-order valence-electron chi connectivity index (χ3n) is 3.58. The fourth-order valence-corrected chi connectivity index (χ4v) is 3.10. The van der Waals surface area contributed by atoms with Gasteiger partial charge in [0.2, 0.25) is 5.91 Å². The highest BCUT2D eigenvalue weighted by atomic mass is 32.1. The summed E-state index contributed by atoms with van der Waals surface area (Å²) in [4.78, 5) is 29.2. The molecule has 2 heterocycles. The number of thiazole rings is 1. The fraction of sp³-hybridized carbons (Fsp3) is 0.167. The Bertz CT molecular complexity index is 908. The summed E-state index contributed by atoms with van der Waals surface area (Å²) >= 11 is 1.30. The van der Waals surface area contributed by atoms with Crippen molar-refractivity contribution < 1.29 is 18.4 Å². The number of hydrogen-bond donors (Lipinski definition) is 2. The predicted molar refractivity (Wildman–Crippen MR) is 95.6 cm³/mol. The molecule has 1 atom stereocenters. The van der Waals surface area contributed by atoms with Gasteiger partial charge in [0.1, 0.15) is 18.1 Å². The van der Waals surface area contributed by atoms with Crippen molar-refractivity contribution in [1.82, 2.24) is 10.3 Å². The van der Waals surface area contributed by atoms with Crippen LogP contribution in [0.15, 0.2) is 53.5 Å². The number of benzene rings is 1. The molecule has 0 radical (unpaired) electrons. The number of nitrogens with one attached hydrogen (secondary N) is 2. The highest BCUT2D eigenvalue weighted by Crippen LogP contribution is 2.21. The van der Waals surface area contributed by atoms with Gasteiger partial charge in [0.25, 0.3) is 5.91 Å². The largest absolute Gasteiger partial charge is 0.472 e. The number of carbonyl (C=O) groups excluding carboxylic acids is 2. The van der Waals surface area contributed by atoms with E-state index in [1.807, 2.05) is 6.07 Å². The minimum absolute atomic E-state index is 0.289. The maximum absolute atomic E-state index is 13.2. The topological polar surface area (TPSA) is 84.2 Å². The lowest BCUT2D eigenvalue weighted by Gasteiger charge is -2.12. The molecule has 8 heteroatoms. The van der Waals surface area contributed by atoms with E-state index in [1.165, 1.54) is 42.1 Å². The van der Waals surface area contributed by atoms with Gasteiger partial charge in [0, 0.05) is 17.5 Å². The van der Waals surface area contributed by atoms with Gasteiger partial charge in [-0.15, -0.1) is 11.3 Å². The van der Waals surface area contributed by atoms with Crippen LogP contribution < -0.4 is 10.6 Å². The average molecular weight is 373 g/mol. The Morgan fingerprint density at radius 2 is 2.19 bits per heavy atom. The molecule has 6 nitrogen and oxygen atoms in total. The first-order valence-electron chi connectivity index (χ1n) is 7.84. The van der Waals surface area contributed by atoms with Crippen LogP contribution in [0, 0.1) is 5.82 Å². The molecule has 0 saturated carbocycles. The summed E-state index contributed by atoms with van der Waals surface area (Å²) in [5.41, 5.74) is 1.17. The van der Waals surface area contributed by atoms with Crippen LogP contribution in [0.2, 0.25) is 0 Å². The van der Waals surface area contributed by atoms with E-state index in [0.29, 0.717) is 17.1 Å². The second-order valence-electron chi connectivity index (χ2n) is 5.63. The van der Waals surface area contributed by atoms with Crippen molar-refractivity contribution in [1.29, 1.82) is 0 Å². The Morgan fingerprint density at radius 3 is 2.92 bits per heavy atom. The zero-order chi connectivity index (χ0) is 18.5. The molecule has 2 amide bonds. The molecule has 1 unspecified atom stereocenters. The normalized spacial score (nSPS) is 11.8. The van der Waals surface area contributed by atoms with Gasteiger partial charge in [-0.3, -0.25) is 9.59 Å². The molecule has 0 saturated heterocycles. The molecule has 0 aliphatic carbocycles. The molecule has 0 bridgehead atoms. The Hall–Kier alpha value is -3.00. The van der Waals surface area contributed by atoms with Crippen molar-refractivity contribution in [3.8, 4) is 0 Å². The number of halogens is 1. The van der Waals surface area contributed by atoms with Gasteiger partial charge in [0.15, 0.2) is 5.13 Å². The Kier molecular flexibility index (Phi) is 5.43. The number of rotatable bonds is 6. The third kappa shape index (κ3) is 4.54. The first-order chi connectivity index (χ1) is 12.5. The number of hydrogen-bond acceptors (Lipinski definition) is 5. The monoisotopic (exact) mass is 373 g/mol. The summed E-state index contributed by atoms with van der Waals surface area (Å²) in [7, 11) is 0. The van der Waals surface area contributed by atoms with Crippen molar-refractivity contribution in [2.45, 2.75) is 19.4 Å². The summed E-state index contributed by atoms with van der Waals surface area (Å²) in [6.45, 7) is 1.58. The summed E-state index contributed by atoms with van der Waals surface area (Å²) in [5, 5.41) is 5.67. The standard InChI is InChI=1S/C18H16FN3O3S/c1-11(21-17(24)13-5-6-25-10-13)16(23)22-18-20-9-15(26-18)8-12-3-2-4-14(19)7-12/h2-7,9-11H,8H2,1H3,(H,21,24)(H,20,22,23). The highest BCUT2D eigenvalue weighted by molar-refractivity contribution is 7.15. The van der Waals surface area contributed by atoms with Gasteiger partial charge in [-0.05, 0) is 30.7 Å². The zero-order valence-corrected chi connectivity index (χ0v) is 14.7. The van der Waals surface area contributed by atoms with Crippen molar-refractivity contribution in [2.24, 2.45) is 0 Å². The van der Waals surface area contributed by atoms with Crippen molar-refractivity contribution in [3.63, 3.8) is 0 Å². The zero-order valence-electron chi connectivity index (χ0n) is 13.9. The van der Waals surface area contributed by atoms with Gasteiger partial charge in [-0.2, -0.15) is 0 Å². The van der Waals surface area contributed by atoms with E-state index in [2.05, 4.69) is 15.6 Å². The smallest absolute Gasteiger partial charge is 0.255 e. The maximum Gasteiger partial charge on any atom is 0.255 e. The lowest BCUT2D eigenvalue weighted by atomic mass is 10.1. The predicted octanol–water partition coefficient (Wildman–Crippen LogP) is 3.22. The fourth-order valence-electron chi connectivity index (χ4n) is 2.25. The van der Waals surface area contributed by atoms with Gasteiger partial charge in [0.05, 0.1) is 11.8 Å². The first-order valence-corrected chi connectivity index (χ1v) is 8.66. The number of furan rings is 1. The second kappa shape index (κ2) is 7.92. The van der Waals surface area contributed by atoms with E-state index >= 15 is 0 Å². The van der Waals surface area contributed by atoms with E-state index in [0.717, 1.165) is 10.4 Å². The van der Waals surface area contributed by atoms with E-state index in [9.17, 15) is 14.0 Å². The Morgan fingerprint density at radius 1 is 1.35 bits per heavy atom. The second-order valence-corrected chi connectivity index (χ2v) is 6.75. The molecule has 26 heavy (non-hydrogen) atoms. The number of amides is 2. The van der Waals surface area contributed by atoms with Crippen LogP contribution in [0.3, 0.4) is 0 Å². The highest BCUT2D eigenvalue weighted by Gasteiger charge is 2.18. The molecule has 134 valence electrons.